The third-order valence-electron chi connectivity index (χ3n) is 1.29. The molecule has 1 atom stereocenters. The largest absolute Gasteiger partial charge is 0.438 e. The molecule has 0 saturated heterocycles. The zero-order valence-electron chi connectivity index (χ0n) is 6.90. The first kappa shape index (κ1) is 9.46. The molecular weight excluding hydrogens is 178 g/mol. The predicted molar refractivity (Wildman–Crippen MR) is 40.7 cm³/mol. The van der Waals surface area contributed by atoms with Crippen molar-refractivity contribution in [2.75, 3.05) is 0 Å². The van der Waals surface area contributed by atoms with Crippen molar-refractivity contribution in [3.63, 3.8) is 0 Å². The van der Waals surface area contributed by atoms with Crippen molar-refractivity contribution in [2.24, 2.45) is 0 Å². The van der Waals surface area contributed by atoms with Gasteiger partial charge < -0.3 is 10.4 Å². The Balaban J connectivity index is 2.44. The average Bonchev–Trinajstić information content (AvgIpc) is 2.47. The maximum absolute atomic E-state index is 10.8. The minimum absolute atomic E-state index is 0.0233. The van der Waals surface area contributed by atoms with E-state index in [1.54, 1.807) is 0 Å². The van der Waals surface area contributed by atoms with Crippen molar-refractivity contribution in [1.82, 2.24) is 15.5 Å². The first-order valence-electron chi connectivity index (χ1n) is 3.60. The van der Waals surface area contributed by atoms with E-state index in [2.05, 4.69) is 20.0 Å². The Morgan fingerprint density at radius 2 is 2.54 bits per heavy atom. The highest BCUT2D eigenvalue weighted by molar-refractivity contribution is 5.79. The molecule has 0 bridgehead atoms. The molecule has 0 saturated carbocycles. The lowest BCUT2D eigenvalue weighted by molar-refractivity contribution is -0.128. The van der Waals surface area contributed by atoms with Gasteiger partial charge in [-0.05, 0) is 6.92 Å². The maximum atomic E-state index is 10.8. The second-order valence-corrected chi connectivity index (χ2v) is 2.44. The molecular formula is C6H9N3O4. The van der Waals surface area contributed by atoms with Gasteiger partial charge in [0, 0.05) is 0 Å². The molecule has 0 radical (unpaired) electrons. The number of aromatic nitrogens is 2. The molecule has 3 N–H and O–H groups in total. The summed E-state index contributed by atoms with van der Waals surface area (Å²) >= 11 is 0. The SMILES string of the molecule is C[C@H](O)C(=O)NCc1noc(=O)[nH]1. The molecule has 1 rings (SSSR count). The molecule has 7 heteroatoms. The van der Waals surface area contributed by atoms with Crippen LogP contribution in [0.5, 0.6) is 0 Å². The van der Waals surface area contributed by atoms with Crippen LogP contribution in [0.2, 0.25) is 0 Å². The zero-order chi connectivity index (χ0) is 9.84. The number of nitrogens with one attached hydrogen (secondary N) is 2. The van der Waals surface area contributed by atoms with Gasteiger partial charge in [-0.15, -0.1) is 0 Å². The van der Waals surface area contributed by atoms with Crippen LogP contribution in [-0.2, 0) is 11.3 Å². The number of aliphatic hydroxyl groups excluding tert-OH is 1. The molecule has 0 aliphatic heterocycles. The Hall–Kier alpha value is -1.63. The first-order valence-corrected chi connectivity index (χ1v) is 3.60. The Bertz CT molecular complexity index is 340. The van der Waals surface area contributed by atoms with Crippen LogP contribution in [0.25, 0.3) is 0 Å². The Morgan fingerprint density at radius 3 is 3.00 bits per heavy atom. The van der Waals surface area contributed by atoms with E-state index in [0.717, 1.165) is 0 Å². The van der Waals surface area contributed by atoms with Gasteiger partial charge in [0.1, 0.15) is 6.10 Å². The summed E-state index contributed by atoms with van der Waals surface area (Å²) in [5.41, 5.74) is 0. The van der Waals surface area contributed by atoms with Crippen LogP contribution in [-0.4, -0.2) is 27.3 Å². The van der Waals surface area contributed by atoms with Gasteiger partial charge in [0.15, 0.2) is 5.82 Å². The summed E-state index contributed by atoms with van der Waals surface area (Å²) in [6.07, 6.45) is -1.08. The number of carbonyl (C=O) groups excluding carboxylic acids is 1. The van der Waals surface area contributed by atoms with Crippen molar-refractivity contribution >= 4 is 5.91 Å². The minimum Gasteiger partial charge on any atom is -0.384 e. The highest BCUT2D eigenvalue weighted by Crippen LogP contribution is 1.85. The van der Waals surface area contributed by atoms with Crippen LogP contribution in [0.3, 0.4) is 0 Å². The summed E-state index contributed by atoms with van der Waals surface area (Å²) in [5.74, 6) is -1.01. The fourth-order valence-corrected chi connectivity index (χ4v) is 0.655. The average molecular weight is 187 g/mol. The molecule has 7 nitrogen and oxygen atoms in total. The monoisotopic (exact) mass is 187 g/mol. The normalized spacial score (nSPS) is 12.5. The standard InChI is InChI=1S/C6H9N3O4/c1-3(10)5(11)7-2-4-8-6(12)13-9-4/h3,10H,2H2,1H3,(H,7,11)(H,8,9,12)/t3-/m0/s1. The Labute approximate surface area is 72.7 Å². The number of aromatic amines is 1. The van der Waals surface area contributed by atoms with Crippen LogP contribution in [0.15, 0.2) is 9.32 Å². The molecule has 72 valence electrons. The van der Waals surface area contributed by atoms with Gasteiger partial charge >= 0.3 is 5.76 Å². The molecule has 0 spiro atoms. The molecule has 0 aliphatic rings. The number of H-pyrrole nitrogens is 1. The van der Waals surface area contributed by atoms with E-state index < -0.39 is 17.8 Å². The molecule has 1 aromatic rings. The first-order chi connectivity index (χ1) is 6.09. The fraction of sp³-hybridized carbons (Fsp3) is 0.500. The number of aliphatic hydroxyl groups is 1. The van der Waals surface area contributed by atoms with Crippen molar-refractivity contribution < 1.29 is 14.4 Å². The third kappa shape index (κ3) is 2.71. The number of hydrogen-bond donors (Lipinski definition) is 3. The van der Waals surface area contributed by atoms with Crippen molar-refractivity contribution in [3.05, 3.63) is 16.4 Å². The maximum Gasteiger partial charge on any atom is 0.438 e. The highest BCUT2D eigenvalue weighted by atomic mass is 16.5. The van der Waals surface area contributed by atoms with E-state index in [9.17, 15) is 9.59 Å². The molecule has 0 fully saturated rings. The third-order valence-corrected chi connectivity index (χ3v) is 1.29. The zero-order valence-corrected chi connectivity index (χ0v) is 6.90. The number of amides is 1. The fourth-order valence-electron chi connectivity index (χ4n) is 0.655. The molecule has 1 amide bonds. The summed E-state index contributed by atoms with van der Waals surface area (Å²) in [6.45, 7) is 1.36. The van der Waals surface area contributed by atoms with Gasteiger partial charge in [-0.25, -0.2) is 4.79 Å². The van der Waals surface area contributed by atoms with Gasteiger partial charge in [-0.1, -0.05) is 5.16 Å². The molecule has 1 heterocycles. The topological polar surface area (TPSA) is 108 Å². The smallest absolute Gasteiger partial charge is 0.384 e. The van der Waals surface area contributed by atoms with E-state index in [0.29, 0.717) is 0 Å². The minimum atomic E-state index is -1.08. The second-order valence-electron chi connectivity index (χ2n) is 2.44. The van der Waals surface area contributed by atoms with Crippen LogP contribution in [0, 0.1) is 0 Å². The summed E-state index contributed by atoms with van der Waals surface area (Å²) in [5, 5.41) is 14.4. The predicted octanol–water partition coefficient (Wildman–Crippen LogP) is -1.64. The summed E-state index contributed by atoms with van der Waals surface area (Å²) in [4.78, 5) is 23.5. The van der Waals surface area contributed by atoms with E-state index >= 15 is 0 Å². The summed E-state index contributed by atoms with van der Waals surface area (Å²) < 4.78 is 4.18. The van der Waals surface area contributed by atoms with Gasteiger partial charge in [-0.2, -0.15) is 0 Å². The van der Waals surface area contributed by atoms with Crippen molar-refractivity contribution in [2.45, 2.75) is 19.6 Å². The van der Waals surface area contributed by atoms with Crippen LogP contribution >= 0.6 is 0 Å². The Morgan fingerprint density at radius 1 is 1.85 bits per heavy atom. The van der Waals surface area contributed by atoms with Gasteiger partial charge in [0.05, 0.1) is 6.54 Å². The molecule has 0 unspecified atom stereocenters. The molecule has 13 heavy (non-hydrogen) atoms. The van der Waals surface area contributed by atoms with E-state index in [1.807, 2.05) is 0 Å². The van der Waals surface area contributed by atoms with E-state index in [-0.39, 0.29) is 12.4 Å². The number of nitrogens with zero attached hydrogens (tertiary/aromatic N) is 1. The van der Waals surface area contributed by atoms with E-state index in [1.165, 1.54) is 6.92 Å². The van der Waals surface area contributed by atoms with E-state index in [4.69, 9.17) is 5.11 Å². The lowest BCUT2D eigenvalue weighted by atomic mass is 10.4. The Kier molecular flexibility index (Phi) is 2.80. The summed E-state index contributed by atoms with van der Waals surface area (Å²) in [7, 11) is 0. The highest BCUT2D eigenvalue weighted by Gasteiger charge is 2.08. The lowest BCUT2D eigenvalue weighted by Gasteiger charge is -2.03. The van der Waals surface area contributed by atoms with Crippen molar-refractivity contribution in [3.8, 4) is 0 Å². The number of rotatable bonds is 3. The molecule has 0 aliphatic carbocycles. The van der Waals surface area contributed by atoms with Crippen molar-refractivity contribution in [1.29, 1.82) is 0 Å². The lowest BCUT2D eigenvalue weighted by Crippen LogP contribution is -2.32. The van der Waals surface area contributed by atoms with Gasteiger partial charge in [-0.3, -0.25) is 14.3 Å². The van der Waals surface area contributed by atoms with Gasteiger partial charge in [0.2, 0.25) is 5.91 Å². The quantitative estimate of drug-likeness (QED) is 0.526. The van der Waals surface area contributed by atoms with Crippen LogP contribution < -0.4 is 11.1 Å². The summed E-state index contributed by atoms with van der Waals surface area (Å²) in [6, 6.07) is 0. The molecule has 0 aromatic carbocycles. The number of carbonyl (C=O) groups is 1. The number of hydrogen-bond acceptors (Lipinski definition) is 5. The second kappa shape index (κ2) is 3.85. The van der Waals surface area contributed by atoms with Crippen LogP contribution in [0.1, 0.15) is 12.7 Å². The van der Waals surface area contributed by atoms with Crippen LogP contribution in [0.4, 0.5) is 0 Å². The van der Waals surface area contributed by atoms with Gasteiger partial charge in [0.25, 0.3) is 0 Å². The molecule has 1 aromatic heterocycles.